The SMILES string of the molecule is CC(C)C[C@@H](NC(=O)CCN1C(=O)[C@@H]2Cc3ccccc3CN2C1=O)C(=O)O. The topological polar surface area (TPSA) is 107 Å². The smallest absolute Gasteiger partial charge is 0.327 e. The van der Waals surface area contributed by atoms with Gasteiger partial charge in [0.15, 0.2) is 0 Å². The lowest BCUT2D eigenvalue weighted by molar-refractivity contribution is -0.142. The Morgan fingerprint density at radius 2 is 1.89 bits per heavy atom. The number of urea groups is 1. The average Bonchev–Trinajstić information content (AvgIpc) is 2.87. The number of rotatable bonds is 7. The summed E-state index contributed by atoms with van der Waals surface area (Å²) in [4.78, 5) is 51.4. The van der Waals surface area contributed by atoms with Crippen LogP contribution < -0.4 is 5.32 Å². The predicted octanol–water partition coefficient (Wildman–Crippen LogP) is 1.38. The van der Waals surface area contributed by atoms with Crippen LogP contribution in [0.2, 0.25) is 0 Å². The zero-order chi connectivity index (χ0) is 20.4. The summed E-state index contributed by atoms with van der Waals surface area (Å²) in [6, 6.07) is 5.82. The second-order valence-corrected chi connectivity index (χ2v) is 7.73. The summed E-state index contributed by atoms with van der Waals surface area (Å²) in [7, 11) is 0. The van der Waals surface area contributed by atoms with Crippen LogP contribution in [0, 0.1) is 5.92 Å². The largest absolute Gasteiger partial charge is 0.480 e. The Labute approximate surface area is 163 Å². The zero-order valence-electron chi connectivity index (χ0n) is 16.1. The number of carboxylic acid groups (broad SMARTS) is 1. The Kier molecular flexibility index (Phi) is 5.67. The molecule has 4 amide bonds. The van der Waals surface area contributed by atoms with Crippen LogP contribution in [0.3, 0.4) is 0 Å². The normalized spacial score (nSPS) is 19.5. The Bertz CT molecular complexity index is 764. The van der Waals surface area contributed by atoms with E-state index in [1.165, 1.54) is 0 Å². The van der Waals surface area contributed by atoms with Gasteiger partial charge in [0.2, 0.25) is 5.91 Å². The van der Waals surface area contributed by atoms with Crippen LogP contribution in [0.15, 0.2) is 24.3 Å². The van der Waals surface area contributed by atoms with E-state index in [9.17, 15) is 24.3 Å². The first-order valence-electron chi connectivity index (χ1n) is 9.49. The fourth-order valence-electron chi connectivity index (χ4n) is 3.75. The van der Waals surface area contributed by atoms with E-state index in [2.05, 4.69) is 5.32 Å². The van der Waals surface area contributed by atoms with Gasteiger partial charge in [0.05, 0.1) is 0 Å². The van der Waals surface area contributed by atoms with Crippen molar-refractivity contribution < 1.29 is 24.3 Å². The van der Waals surface area contributed by atoms with E-state index in [1.807, 2.05) is 38.1 Å². The van der Waals surface area contributed by atoms with Crippen LogP contribution in [0.1, 0.15) is 37.8 Å². The number of amides is 4. The van der Waals surface area contributed by atoms with Gasteiger partial charge in [-0.1, -0.05) is 38.1 Å². The number of aliphatic carboxylic acids is 1. The number of hydrogen-bond donors (Lipinski definition) is 2. The lowest BCUT2D eigenvalue weighted by Crippen LogP contribution is -2.43. The predicted molar refractivity (Wildman–Crippen MR) is 100 cm³/mol. The van der Waals surface area contributed by atoms with Crippen molar-refractivity contribution in [3.63, 3.8) is 0 Å². The first-order chi connectivity index (χ1) is 13.3. The third-order valence-electron chi connectivity index (χ3n) is 5.18. The number of carbonyl (C=O) groups excluding carboxylic acids is 3. The molecule has 0 aromatic heterocycles. The summed E-state index contributed by atoms with van der Waals surface area (Å²) in [6.07, 6.45) is 0.669. The number of nitrogens with one attached hydrogen (secondary N) is 1. The average molecular weight is 387 g/mol. The van der Waals surface area contributed by atoms with E-state index < -0.39 is 30.0 Å². The third-order valence-corrected chi connectivity index (χ3v) is 5.18. The Balaban J connectivity index is 1.60. The molecule has 2 N–H and O–H groups in total. The van der Waals surface area contributed by atoms with Gasteiger partial charge in [0, 0.05) is 25.9 Å². The van der Waals surface area contributed by atoms with Crippen molar-refractivity contribution in [3.05, 3.63) is 35.4 Å². The first-order valence-corrected chi connectivity index (χ1v) is 9.49. The maximum absolute atomic E-state index is 12.7. The van der Waals surface area contributed by atoms with Gasteiger partial charge in [-0.05, 0) is 23.5 Å². The highest BCUT2D eigenvalue weighted by atomic mass is 16.4. The molecule has 0 spiro atoms. The van der Waals surface area contributed by atoms with Gasteiger partial charge in [0.25, 0.3) is 5.91 Å². The summed E-state index contributed by atoms with van der Waals surface area (Å²) in [5.41, 5.74) is 2.08. The Morgan fingerprint density at radius 1 is 1.21 bits per heavy atom. The standard InChI is InChI=1S/C20H25N3O5/c1-12(2)9-15(19(26)27)21-17(24)7-8-22-18(25)16-10-13-5-3-4-6-14(13)11-23(16)20(22)28/h3-6,12,15-16H,7-11H2,1-2H3,(H,21,24)(H,26,27)/t15-,16+/m1/s1. The molecule has 0 aliphatic carbocycles. The van der Waals surface area contributed by atoms with Crippen LogP contribution in [-0.4, -0.2) is 57.3 Å². The number of fused-ring (bicyclic) bond motifs is 2. The number of imide groups is 1. The van der Waals surface area contributed by atoms with Crippen LogP contribution in [0.5, 0.6) is 0 Å². The molecule has 0 radical (unpaired) electrons. The van der Waals surface area contributed by atoms with E-state index >= 15 is 0 Å². The van der Waals surface area contributed by atoms with Gasteiger partial charge in [0.1, 0.15) is 12.1 Å². The molecule has 8 heteroatoms. The van der Waals surface area contributed by atoms with Gasteiger partial charge in [-0.3, -0.25) is 14.5 Å². The Hall–Kier alpha value is -2.90. The highest BCUT2D eigenvalue weighted by Crippen LogP contribution is 2.29. The van der Waals surface area contributed by atoms with Crippen LogP contribution in [0.4, 0.5) is 4.79 Å². The van der Waals surface area contributed by atoms with Crippen molar-refractivity contribution in [2.75, 3.05) is 6.54 Å². The molecule has 3 rings (SSSR count). The molecule has 1 aromatic carbocycles. The van der Waals surface area contributed by atoms with Gasteiger partial charge < -0.3 is 15.3 Å². The highest BCUT2D eigenvalue weighted by Gasteiger charge is 2.46. The zero-order valence-corrected chi connectivity index (χ0v) is 16.1. The van der Waals surface area contributed by atoms with Gasteiger partial charge in [-0.25, -0.2) is 9.59 Å². The second-order valence-electron chi connectivity index (χ2n) is 7.73. The number of nitrogens with zero attached hydrogens (tertiary/aromatic N) is 2. The summed E-state index contributed by atoms with van der Waals surface area (Å²) in [6.45, 7) is 4.07. The molecule has 2 aliphatic rings. The molecule has 0 saturated carbocycles. The molecule has 150 valence electrons. The van der Waals surface area contributed by atoms with Gasteiger partial charge in [-0.15, -0.1) is 0 Å². The third kappa shape index (κ3) is 4.00. The van der Waals surface area contributed by atoms with E-state index in [0.29, 0.717) is 19.4 Å². The number of benzene rings is 1. The van der Waals surface area contributed by atoms with Gasteiger partial charge >= 0.3 is 12.0 Å². The molecular formula is C20H25N3O5. The van der Waals surface area contributed by atoms with Crippen molar-refractivity contribution in [1.29, 1.82) is 0 Å². The van der Waals surface area contributed by atoms with Crippen LogP contribution in [-0.2, 0) is 27.3 Å². The van der Waals surface area contributed by atoms with Crippen molar-refractivity contribution in [1.82, 2.24) is 15.1 Å². The first kappa shape index (κ1) is 19.9. The number of carbonyl (C=O) groups is 4. The minimum Gasteiger partial charge on any atom is -0.480 e. The van der Waals surface area contributed by atoms with Crippen LogP contribution >= 0.6 is 0 Å². The van der Waals surface area contributed by atoms with Crippen molar-refractivity contribution in [2.45, 2.75) is 51.7 Å². The molecule has 1 aromatic rings. The van der Waals surface area contributed by atoms with E-state index in [4.69, 9.17) is 0 Å². The summed E-state index contributed by atoms with van der Waals surface area (Å²) < 4.78 is 0. The van der Waals surface area contributed by atoms with Crippen molar-refractivity contribution in [3.8, 4) is 0 Å². The molecule has 1 fully saturated rings. The van der Waals surface area contributed by atoms with E-state index in [0.717, 1.165) is 16.0 Å². The maximum atomic E-state index is 12.7. The minimum atomic E-state index is -1.09. The molecule has 2 atom stereocenters. The summed E-state index contributed by atoms with van der Waals surface area (Å²) >= 11 is 0. The minimum absolute atomic E-state index is 0.0547. The fourth-order valence-corrected chi connectivity index (χ4v) is 3.75. The summed E-state index contributed by atoms with van der Waals surface area (Å²) in [5.74, 6) is -1.77. The van der Waals surface area contributed by atoms with Crippen LogP contribution in [0.25, 0.3) is 0 Å². The van der Waals surface area contributed by atoms with Crippen molar-refractivity contribution >= 4 is 23.8 Å². The molecule has 2 aliphatic heterocycles. The lowest BCUT2D eigenvalue weighted by Gasteiger charge is -2.28. The Morgan fingerprint density at radius 3 is 2.54 bits per heavy atom. The molecule has 0 unspecified atom stereocenters. The number of carboxylic acids is 1. The molecular weight excluding hydrogens is 362 g/mol. The molecule has 28 heavy (non-hydrogen) atoms. The quantitative estimate of drug-likeness (QED) is 0.688. The maximum Gasteiger partial charge on any atom is 0.327 e. The monoisotopic (exact) mass is 387 g/mol. The molecule has 8 nitrogen and oxygen atoms in total. The highest BCUT2D eigenvalue weighted by molar-refractivity contribution is 6.05. The van der Waals surface area contributed by atoms with E-state index in [1.54, 1.807) is 4.90 Å². The lowest BCUT2D eigenvalue weighted by atomic mass is 9.95. The number of hydrogen-bond acceptors (Lipinski definition) is 4. The van der Waals surface area contributed by atoms with Gasteiger partial charge in [-0.2, -0.15) is 0 Å². The van der Waals surface area contributed by atoms with Crippen molar-refractivity contribution in [2.24, 2.45) is 5.92 Å². The van der Waals surface area contributed by atoms with E-state index in [-0.39, 0.29) is 24.8 Å². The molecule has 0 bridgehead atoms. The second kappa shape index (κ2) is 8.00. The summed E-state index contributed by atoms with van der Waals surface area (Å²) in [5, 5.41) is 11.7. The molecule has 2 heterocycles. The fraction of sp³-hybridized carbons (Fsp3) is 0.500. The molecule has 1 saturated heterocycles.